The molecule has 2 bridgehead atoms. The Morgan fingerprint density at radius 3 is 2.83 bits per heavy atom. The molecule has 1 N–H and O–H groups in total. The first-order chi connectivity index (χ1) is 8.72. The minimum Gasteiger partial charge on any atom is -0.383 e. The van der Waals surface area contributed by atoms with E-state index in [4.69, 9.17) is 4.74 Å². The zero-order valence-corrected chi connectivity index (χ0v) is 12.2. The van der Waals surface area contributed by atoms with E-state index >= 15 is 0 Å². The molecule has 106 valence electrons. The van der Waals surface area contributed by atoms with Crippen LogP contribution in [0.4, 0.5) is 0 Å². The Bertz CT molecular complexity index is 249. The van der Waals surface area contributed by atoms with Gasteiger partial charge in [0.15, 0.2) is 0 Å². The van der Waals surface area contributed by atoms with Crippen LogP contribution in [0.3, 0.4) is 0 Å². The first-order valence-electron chi connectivity index (χ1n) is 7.38. The normalized spacial score (nSPS) is 31.5. The van der Waals surface area contributed by atoms with Gasteiger partial charge in [-0.15, -0.1) is 0 Å². The van der Waals surface area contributed by atoms with Gasteiger partial charge in [0, 0.05) is 51.4 Å². The van der Waals surface area contributed by atoms with Gasteiger partial charge >= 0.3 is 0 Å². The highest BCUT2D eigenvalue weighted by Crippen LogP contribution is 2.28. The van der Waals surface area contributed by atoms with Gasteiger partial charge in [0.1, 0.15) is 0 Å². The molecule has 2 fully saturated rings. The quantitative estimate of drug-likeness (QED) is 0.710. The van der Waals surface area contributed by atoms with Crippen molar-refractivity contribution >= 4 is 0 Å². The van der Waals surface area contributed by atoms with Crippen molar-refractivity contribution in [1.82, 2.24) is 15.1 Å². The summed E-state index contributed by atoms with van der Waals surface area (Å²) in [4.78, 5) is 5.28. The van der Waals surface area contributed by atoms with Gasteiger partial charge in [0.25, 0.3) is 0 Å². The second kappa shape index (κ2) is 6.85. The first kappa shape index (κ1) is 14.3. The predicted molar refractivity (Wildman–Crippen MR) is 75.0 cm³/mol. The Hall–Kier alpha value is -0.160. The average molecular weight is 255 g/mol. The fourth-order valence-electron chi connectivity index (χ4n) is 3.35. The number of fused-ring (bicyclic) bond motifs is 2. The van der Waals surface area contributed by atoms with Crippen molar-refractivity contribution in [3.63, 3.8) is 0 Å². The smallest absolute Gasteiger partial charge is 0.0587 e. The van der Waals surface area contributed by atoms with Crippen LogP contribution in [-0.4, -0.2) is 74.9 Å². The van der Waals surface area contributed by atoms with E-state index in [2.05, 4.69) is 29.1 Å². The first-order valence-corrected chi connectivity index (χ1v) is 7.38. The molecule has 3 atom stereocenters. The summed E-state index contributed by atoms with van der Waals surface area (Å²) in [5, 5.41) is 3.48. The van der Waals surface area contributed by atoms with Crippen molar-refractivity contribution in [2.24, 2.45) is 0 Å². The fourth-order valence-corrected chi connectivity index (χ4v) is 3.35. The van der Waals surface area contributed by atoms with Gasteiger partial charge < -0.3 is 10.1 Å². The third kappa shape index (κ3) is 3.44. The summed E-state index contributed by atoms with van der Waals surface area (Å²) in [5.41, 5.74) is 0. The van der Waals surface area contributed by atoms with Gasteiger partial charge in [0.2, 0.25) is 0 Å². The number of likely N-dealkylation sites (N-methyl/N-ethyl adjacent to an activating group) is 1. The summed E-state index contributed by atoms with van der Waals surface area (Å²) in [5.74, 6) is 0. The third-order valence-corrected chi connectivity index (χ3v) is 4.73. The van der Waals surface area contributed by atoms with Crippen LogP contribution in [-0.2, 0) is 4.74 Å². The number of ether oxygens (including phenoxy) is 1. The lowest BCUT2D eigenvalue weighted by Crippen LogP contribution is -2.45. The highest BCUT2D eigenvalue weighted by molar-refractivity contribution is 4.92. The van der Waals surface area contributed by atoms with E-state index in [9.17, 15) is 0 Å². The summed E-state index contributed by atoms with van der Waals surface area (Å²) in [6.45, 7) is 7.70. The lowest BCUT2D eigenvalue weighted by Gasteiger charge is -2.31. The van der Waals surface area contributed by atoms with E-state index in [0.29, 0.717) is 6.04 Å². The van der Waals surface area contributed by atoms with E-state index in [0.717, 1.165) is 31.8 Å². The molecule has 0 aromatic heterocycles. The van der Waals surface area contributed by atoms with Crippen molar-refractivity contribution in [3.05, 3.63) is 0 Å². The Kier molecular flexibility index (Phi) is 5.42. The SMILES string of the molecule is COCCNCC(C)N1CCC2CCC(C1)N2C. The van der Waals surface area contributed by atoms with Crippen molar-refractivity contribution in [3.8, 4) is 0 Å². The molecular weight excluding hydrogens is 226 g/mol. The number of rotatable bonds is 6. The van der Waals surface area contributed by atoms with Crippen molar-refractivity contribution in [2.75, 3.05) is 46.9 Å². The number of hydrogen-bond acceptors (Lipinski definition) is 4. The second-order valence-corrected chi connectivity index (χ2v) is 5.88. The van der Waals surface area contributed by atoms with E-state index in [1.165, 1.54) is 32.4 Å². The van der Waals surface area contributed by atoms with Crippen LogP contribution in [0.1, 0.15) is 26.2 Å². The molecule has 18 heavy (non-hydrogen) atoms. The molecule has 2 saturated heterocycles. The summed E-state index contributed by atoms with van der Waals surface area (Å²) >= 11 is 0. The molecule has 0 spiro atoms. The zero-order valence-electron chi connectivity index (χ0n) is 12.2. The maximum Gasteiger partial charge on any atom is 0.0587 e. The van der Waals surface area contributed by atoms with Crippen LogP contribution < -0.4 is 5.32 Å². The topological polar surface area (TPSA) is 27.7 Å². The predicted octanol–water partition coefficient (Wildman–Crippen LogP) is 0.779. The van der Waals surface area contributed by atoms with E-state index < -0.39 is 0 Å². The zero-order chi connectivity index (χ0) is 13.0. The maximum atomic E-state index is 5.06. The molecule has 0 aromatic rings. The van der Waals surface area contributed by atoms with Gasteiger partial charge in [-0.2, -0.15) is 0 Å². The molecule has 0 saturated carbocycles. The molecule has 2 aliphatic rings. The Morgan fingerprint density at radius 1 is 1.28 bits per heavy atom. The molecule has 4 nitrogen and oxygen atoms in total. The molecule has 3 unspecified atom stereocenters. The highest BCUT2D eigenvalue weighted by Gasteiger charge is 2.35. The minimum atomic E-state index is 0.634. The Balaban J connectivity index is 1.75. The van der Waals surface area contributed by atoms with Gasteiger partial charge in [-0.3, -0.25) is 9.80 Å². The van der Waals surface area contributed by atoms with Crippen LogP contribution in [0.25, 0.3) is 0 Å². The van der Waals surface area contributed by atoms with Crippen molar-refractivity contribution in [1.29, 1.82) is 0 Å². The van der Waals surface area contributed by atoms with Crippen molar-refractivity contribution in [2.45, 2.75) is 44.3 Å². The number of nitrogens with zero attached hydrogens (tertiary/aromatic N) is 2. The summed E-state index contributed by atoms with van der Waals surface area (Å²) < 4.78 is 5.06. The minimum absolute atomic E-state index is 0.634. The van der Waals surface area contributed by atoms with Crippen LogP contribution >= 0.6 is 0 Å². The van der Waals surface area contributed by atoms with Gasteiger partial charge in [0.05, 0.1) is 6.61 Å². The fraction of sp³-hybridized carbons (Fsp3) is 1.00. The van der Waals surface area contributed by atoms with E-state index in [1.807, 2.05) is 0 Å². The molecule has 0 radical (unpaired) electrons. The van der Waals surface area contributed by atoms with Gasteiger partial charge in [-0.05, 0) is 33.2 Å². The summed E-state index contributed by atoms with van der Waals surface area (Å²) in [7, 11) is 4.07. The van der Waals surface area contributed by atoms with Gasteiger partial charge in [-0.25, -0.2) is 0 Å². The molecule has 2 rings (SSSR count). The van der Waals surface area contributed by atoms with E-state index in [-0.39, 0.29) is 0 Å². The molecule has 0 amide bonds. The Morgan fingerprint density at radius 2 is 2.06 bits per heavy atom. The Labute approximate surface area is 112 Å². The molecule has 2 heterocycles. The largest absolute Gasteiger partial charge is 0.383 e. The number of hydrogen-bond donors (Lipinski definition) is 1. The summed E-state index contributed by atoms with van der Waals surface area (Å²) in [6.07, 6.45) is 4.15. The second-order valence-electron chi connectivity index (χ2n) is 5.88. The molecule has 4 heteroatoms. The monoisotopic (exact) mass is 255 g/mol. The molecular formula is C14H29N3O. The third-order valence-electron chi connectivity index (χ3n) is 4.73. The molecule has 2 aliphatic heterocycles. The maximum absolute atomic E-state index is 5.06. The van der Waals surface area contributed by atoms with Crippen LogP contribution in [0.2, 0.25) is 0 Å². The van der Waals surface area contributed by atoms with E-state index in [1.54, 1.807) is 7.11 Å². The van der Waals surface area contributed by atoms with Crippen LogP contribution in [0.5, 0.6) is 0 Å². The average Bonchev–Trinajstić information content (AvgIpc) is 2.59. The van der Waals surface area contributed by atoms with Crippen molar-refractivity contribution < 1.29 is 4.74 Å². The number of nitrogens with one attached hydrogen (secondary N) is 1. The number of methoxy groups -OCH3 is 1. The van der Waals surface area contributed by atoms with Gasteiger partial charge in [-0.1, -0.05) is 0 Å². The lowest BCUT2D eigenvalue weighted by atomic mass is 10.1. The number of likely N-dealkylation sites (tertiary alicyclic amines) is 1. The van der Waals surface area contributed by atoms with Crippen LogP contribution in [0, 0.1) is 0 Å². The molecule has 0 aliphatic carbocycles. The summed E-state index contributed by atoms with van der Waals surface area (Å²) in [6, 6.07) is 2.27. The highest BCUT2D eigenvalue weighted by atomic mass is 16.5. The lowest BCUT2D eigenvalue weighted by molar-refractivity contribution is 0.168. The molecule has 0 aromatic carbocycles. The standard InChI is InChI=1S/C14H29N3O/c1-12(10-15-7-9-18-3)17-8-6-13-4-5-14(11-17)16(13)2/h12-15H,4-11H2,1-3H3. The van der Waals surface area contributed by atoms with Crippen LogP contribution in [0.15, 0.2) is 0 Å².